The molecular formula is C17H17NO3. The lowest BCUT2D eigenvalue weighted by Gasteiger charge is -2.21. The summed E-state index contributed by atoms with van der Waals surface area (Å²) in [4.78, 5) is 24.9. The number of benzene rings is 1. The van der Waals surface area contributed by atoms with Gasteiger partial charge in [-0.2, -0.15) is 0 Å². The van der Waals surface area contributed by atoms with Crippen LogP contribution in [-0.2, 0) is 9.53 Å². The quantitative estimate of drug-likeness (QED) is 0.616. The van der Waals surface area contributed by atoms with E-state index >= 15 is 0 Å². The lowest BCUT2D eigenvalue weighted by atomic mass is 9.98. The summed E-state index contributed by atoms with van der Waals surface area (Å²) < 4.78 is 5.13. The Labute approximate surface area is 124 Å². The van der Waals surface area contributed by atoms with Gasteiger partial charge in [0, 0.05) is 29.5 Å². The van der Waals surface area contributed by atoms with E-state index in [1.807, 2.05) is 13.0 Å². The second kappa shape index (κ2) is 7.24. The first-order valence-electron chi connectivity index (χ1n) is 6.77. The molecule has 0 spiro atoms. The summed E-state index contributed by atoms with van der Waals surface area (Å²) in [6.07, 6.45) is 9.13. The fraction of sp³-hybridized carbons (Fsp3) is 0.176. The van der Waals surface area contributed by atoms with Crippen LogP contribution >= 0.6 is 0 Å². The van der Waals surface area contributed by atoms with E-state index < -0.39 is 0 Å². The van der Waals surface area contributed by atoms with Crippen LogP contribution in [0.4, 0.5) is 0 Å². The molecule has 0 fully saturated rings. The molecule has 1 amide bonds. The zero-order chi connectivity index (χ0) is 15.1. The zero-order valence-corrected chi connectivity index (χ0v) is 11.8. The number of aldehydes is 1. The Bertz CT molecular complexity index is 587. The second-order valence-electron chi connectivity index (χ2n) is 4.48. The molecule has 4 nitrogen and oxygen atoms in total. The number of hydrogen-bond donors (Lipinski definition) is 0. The molecule has 1 aliphatic heterocycles. The van der Waals surface area contributed by atoms with Crippen molar-refractivity contribution in [3.8, 4) is 0 Å². The molecule has 1 aliphatic rings. The minimum atomic E-state index is -0.172. The molecule has 0 unspecified atom stereocenters. The van der Waals surface area contributed by atoms with Crippen molar-refractivity contribution in [2.24, 2.45) is 5.92 Å². The van der Waals surface area contributed by atoms with Gasteiger partial charge in [0.2, 0.25) is 0 Å². The summed E-state index contributed by atoms with van der Waals surface area (Å²) in [6.45, 7) is 2.46. The Morgan fingerprint density at radius 2 is 2.10 bits per heavy atom. The van der Waals surface area contributed by atoms with Crippen LogP contribution in [0.2, 0.25) is 0 Å². The Balaban J connectivity index is 2.15. The predicted octanol–water partition coefficient (Wildman–Crippen LogP) is 2.91. The molecule has 0 bridgehead atoms. The van der Waals surface area contributed by atoms with Crippen LogP contribution in [0.3, 0.4) is 0 Å². The molecule has 0 saturated heterocycles. The van der Waals surface area contributed by atoms with E-state index in [2.05, 4.69) is 0 Å². The van der Waals surface area contributed by atoms with E-state index in [0.29, 0.717) is 17.7 Å². The molecule has 1 aromatic rings. The van der Waals surface area contributed by atoms with Crippen LogP contribution in [-0.4, -0.2) is 23.7 Å². The first-order valence-corrected chi connectivity index (χ1v) is 6.77. The maximum atomic E-state index is 12.3. The van der Waals surface area contributed by atoms with Crippen molar-refractivity contribution in [3.05, 3.63) is 72.3 Å². The van der Waals surface area contributed by atoms with E-state index in [1.165, 1.54) is 4.90 Å². The van der Waals surface area contributed by atoms with Crippen molar-refractivity contribution in [3.63, 3.8) is 0 Å². The van der Waals surface area contributed by atoms with Gasteiger partial charge >= 0.3 is 0 Å². The first-order chi connectivity index (χ1) is 10.3. The Morgan fingerprint density at radius 1 is 1.33 bits per heavy atom. The Hall–Kier alpha value is -2.62. The molecule has 1 aromatic carbocycles. The van der Waals surface area contributed by atoms with E-state index in [4.69, 9.17) is 4.74 Å². The van der Waals surface area contributed by atoms with Gasteiger partial charge in [-0.1, -0.05) is 24.3 Å². The minimum Gasteiger partial charge on any atom is -0.502 e. The third-order valence-electron chi connectivity index (χ3n) is 3.07. The summed E-state index contributed by atoms with van der Waals surface area (Å²) in [6, 6.07) is 8.94. The number of ether oxygens (including phenoxy) is 1. The van der Waals surface area contributed by atoms with E-state index in [-0.39, 0.29) is 11.8 Å². The third kappa shape index (κ3) is 3.69. The Morgan fingerprint density at radius 3 is 2.76 bits per heavy atom. The highest BCUT2D eigenvalue weighted by Gasteiger charge is 2.19. The lowest BCUT2D eigenvalue weighted by molar-refractivity contribution is -0.105. The van der Waals surface area contributed by atoms with Gasteiger partial charge in [-0.25, -0.2) is 0 Å². The molecule has 21 heavy (non-hydrogen) atoms. The van der Waals surface area contributed by atoms with Crippen LogP contribution in [0.15, 0.2) is 66.7 Å². The highest BCUT2D eigenvalue weighted by Crippen LogP contribution is 2.20. The van der Waals surface area contributed by atoms with Crippen molar-refractivity contribution in [1.82, 2.24) is 4.90 Å². The highest BCUT2D eigenvalue weighted by atomic mass is 16.5. The maximum Gasteiger partial charge on any atom is 0.261 e. The average molecular weight is 283 g/mol. The molecule has 4 heteroatoms. The normalized spacial score (nSPS) is 17.7. The van der Waals surface area contributed by atoms with Crippen LogP contribution in [0.25, 0.3) is 0 Å². The SMILES string of the molecule is CCO/C=C/[C@@H]1C=CN(C(=O)c2ccccc2)C=C1C=O. The summed E-state index contributed by atoms with van der Waals surface area (Å²) >= 11 is 0. The van der Waals surface area contributed by atoms with E-state index in [9.17, 15) is 9.59 Å². The van der Waals surface area contributed by atoms with Gasteiger partial charge < -0.3 is 4.74 Å². The number of nitrogens with zero attached hydrogens (tertiary/aromatic N) is 1. The maximum absolute atomic E-state index is 12.3. The lowest BCUT2D eigenvalue weighted by Crippen LogP contribution is -2.24. The highest BCUT2D eigenvalue weighted by molar-refractivity contribution is 5.96. The summed E-state index contributed by atoms with van der Waals surface area (Å²) in [5.74, 6) is -0.340. The van der Waals surface area contributed by atoms with Crippen molar-refractivity contribution < 1.29 is 14.3 Å². The predicted molar refractivity (Wildman–Crippen MR) is 80.2 cm³/mol. The average Bonchev–Trinajstić information content (AvgIpc) is 2.55. The Kier molecular flexibility index (Phi) is 5.10. The fourth-order valence-corrected chi connectivity index (χ4v) is 1.96. The van der Waals surface area contributed by atoms with E-state index in [1.54, 1.807) is 55.1 Å². The van der Waals surface area contributed by atoms with Gasteiger partial charge in [0.25, 0.3) is 5.91 Å². The molecule has 1 heterocycles. The number of carbonyl (C=O) groups is 2. The van der Waals surface area contributed by atoms with Crippen molar-refractivity contribution >= 4 is 12.2 Å². The van der Waals surface area contributed by atoms with E-state index in [0.717, 1.165) is 6.29 Å². The molecule has 0 N–H and O–H groups in total. The molecule has 1 atom stereocenters. The molecule has 108 valence electrons. The monoisotopic (exact) mass is 283 g/mol. The van der Waals surface area contributed by atoms with Gasteiger partial charge in [-0.15, -0.1) is 0 Å². The molecule has 0 saturated carbocycles. The number of allylic oxidation sites excluding steroid dienone is 3. The third-order valence-corrected chi connectivity index (χ3v) is 3.07. The van der Waals surface area contributed by atoms with Crippen LogP contribution < -0.4 is 0 Å². The van der Waals surface area contributed by atoms with Crippen molar-refractivity contribution in [2.45, 2.75) is 6.92 Å². The van der Waals surface area contributed by atoms with Gasteiger partial charge in [-0.05, 0) is 25.1 Å². The number of hydrogen-bond acceptors (Lipinski definition) is 3. The minimum absolute atomic E-state index is 0.168. The fourth-order valence-electron chi connectivity index (χ4n) is 1.96. The van der Waals surface area contributed by atoms with Crippen LogP contribution in [0.5, 0.6) is 0 Å². The number of amides is 1. The standard InChI is InChI=1S/C17H17NO3/c1-2-21-11-9-14-8-10-18(12-16(14)13-19)17(20)15-6-4-3-5-7-15/h3-14H,2H2,1H3/b11-9+/t14-/m0/s1. The topological polar surface area (TPSA) is 46.6 Å². The smallest absolute Gasteiger partial charge is 0.261 e. The zero-order valence-electron chi connectivity index (χ0n) is 11.8. The molecule has 0 radical (unpaired) electrons. The van der Waals surface area contributed by atoms with Gasteiger partial charge in [0.05, 0.1) is 12.9 Å². The number of rotatable bonds is 5. The van der Waals surface area contributed by atoms with Gasteiger partial charge in [-0.3, -0.25) is 14.5 Å². The largest absolute Gasteiger partial charge is 0.502 e. The molecule has 0 aromatic heterocycles. The van der Waals surface area contributed by atoms with Gasteiger partial charge in [0.15, 0.2) is 0 Å². The molecule has 0 aliphatic carbocycles. The summed E-state index contributed by atoms with van der Waals surface area (Å²) in [5, 5.41) is 0. The summed E-state index contributed by atoms with van der Waals surface area (Å²) in [7, 11) is 0. The first kappa shape index (κ1) is 14.8. The molecular weight excluding hydrogens is 266 g/mol. The van der Waals surface area contributed by atoms with Crippen LogP contribution in [0.1, 0.15) is 17.3 Å². The van der Waals surface area contributed by atoms with Crippen LogP contribution in [0, 0.1) is 5.92 Å². The van der Waals surface area contributed by atoms with Gasteiger partial charge in [0.1, 0.15) is 6.29 Å². The summed E-state index contributed by atoms with van der Waals surface area (Å²) in [5.41, 5.74) is 1.09. The van der Waals surface area contributed by atoms with Crippen molar-refractivity contribution in [2.75, 3.05) is 6.61 Å². The number of carbonyl (C=O) groups excluding carboxylic acids is 2. The molecule has 2 rings (SSSR count). The second-order valence-corrected chi connectivity index (χ2v) is 4.48. The van der Waals surface area contributed by atoms with Crippen molar-refractivity contribution in [1.29, 1.82) is 0 Å².